The molecule has 148 valence electrons. The number of amides is 1. The first-order chi connectivity index (χ1) is 14.1. The number of esters is 1. The Hall–Kier alpha value is -3.67. The smallest absolute Gasteiger partial charge is 0.344 e. The highest BCUT2D eigenvalue weighted by Gasteiger charge is 2.27. The number of aromatic nitrogens is 1. The van der Waals surface area contributed by atoms with E-state index in [0.29, 0.717) is 17.9 Å². The van der Waals surface area contributed by atoms with Gasteiger partial charge in [0.1, 0.15) is 5.56 Å². The molecular weight excluding hydrogens is 368 g/mol. The van der Waals surface area contributed by atoms with Gasteiger partial charge < -0.3 is 14.8 Å². The van der Waals surface area contributed by atoms with E-state index in [-0.39, 0.29) is 11.4 Å². The van der Waals surface area contributed by atoms with Gasteiger partial charge in [0.2, 0.25) is 12.0 Å². The van der Waals surface area contributed by atoms with Gasteiger partial charge in [0, 0.05) is 17.4 Å². The van der Waals surface area contributed by atoms with Crippen LogP contribution < -0.4 is 10.1 Å². The molecule has 0 radical (unpaired) electrons. The van der Waals surface area contributed by atoms with Crippen LogP contribution in [0.2, 0.25) is 0 Å². The zero-order chi connectivity index (χ0) is 20.6. The van der Waals surface area contributed by atoms with Crippen LogP contribution in [0.1, 0.15) is 34.5 Å². The molecule has 0 aliphatic carbocycles. The van der Waals surface area contributed by atoms with E-state index >= 15 is 0 Å². The SMILES string of the molecule is CCOc1ncccc1C(=O)O[C@@H](C(=O)Nc1ccc(C)cc1)c1ccccc1. The highest BCUT2D eigenvalue weighted by Crippen LogP contribution is 2.24. The number of carbonyl (C=O) groups is 2. The molecule has 0 unspecified atom stereocenters. The van der Waals surface area contributed by atoms with Gasteiger partial charge in [-0.15, -0.1) is 0 Å². The van der Waals surface area contributed by atoms with Crippen molar-refractivity contribution in [2.24, 2.45) is 0 Å². The Kier molecular flexibility index (Phi) is 6.58. The zero-order valence-corrected chi connectivity index (χ0v) is 16.3. The molecule has 29 heavy (non-hydrogen) atoms. The van der Waals surface area contributed by atoms with Gasteiger partial charge in [-0.3, -0.25) is 4.79 Å². The van der Waals surface area contributed by atoms with Gasteiger partial charge in [0.15, 0.2) is 0 Å². The van der Waals surface area contributed by atoms with Crippen LogP contribution in [-0.2, 0) is 9.53 Å². The van der Waals surface area contributed by atoms with Crippen LogP contribution >= 0.6 is 0 Å². The number of carbonyl (C=O) groups excluding carboxylic acids is 2. The number of hydrogen-bond acceptors (Lipinski definition) is 5. The molecule has 0 fully saturated rings. The van der Waals surface area contributed by atoms with Crippen molar-refractivity contribution >= 4 is 17.6 Å². The number of nitrogens with zero attached hydrogens (tertiary/aromatic N) is 1. The molecule has 1 amide bonds. The molecule has 0 saturated heterocycles. The molecule has 0 aliphatic rings. The normalized spacial score (nSPS) is 11.4. The zero-order valence-electron chi connectivity index (χ0n) is 16.3. The minimum Gasteiger partial charge on any atom is -0.477 e. The average Bonchev–Trinajstić information content (AvgIpc) is 2.74. The van der Waals surface area contributed by atoms with Gasteiger partial charge in [-0.2, -0.15) is 0 Å². The lowest BCUT2D eigenvalue weighted by atomic mass is 10.1. The Bertz CT molecular complexity index is 972. The number of nitrogens with one attached hydrogen (secondary N) is 1. The Morgan fingerprint density at radius 3 is 2.41 bits per heavy atom. The molecule has 0 spiro atoms. The molecule has 3 rings (SSSR count). The highest BCUT2D eigenvalue weighted by molar-refractivity contribution is 5.98. The molecule has 0 saturated carbocycles. The third kappa shape index (κ3) is 5.19. The van der Waals surface area contributed by atoms with Crippen molar-refractivity contribution in [3.8, 4) is 5.88 Å². The Morgan fingerprint density at radius 2 is 1.72 bits per heavy atom. The first-order valence-corrected chi connectivity index (χ1v) is 9.29. The number of benzene rings is 2. The Balaban J connectivity index is 1.85. The summed E-state index contributed by atoms with van der Waals surface area (Å²) in [6.07, 6.45) is 0.403. The summed E-state index contributed by atoms with van der Waals surface area (Å²) in [7, 11) is 0. The number of rotatable bonds is 7. The third-order valence-corrected chi connectivity index (χ3v) is 4.16. The topological polar surface area (TPSA) is 77.5 Å². The second kappa shape index (κ2) is 9.50. The van der Waals surface area contributed by atoms with E-state index in [1.807, 2.05) is 25.1 Å². The molecule has 1 aromatic heterocycles. The first kappa shape index (κ1) is 20.1. The van der Waals surface area contributed by atoms with Crippen LogP contribution in [0.3, 0.4) is 0 Å². The number of aryl methyl sites for hydroxylation is 1. The predicted molar refractivity (Wildman–Crippen MR) is 110 cm³/mol. The summed E-state index contributed by atoms with van der Waals surface area (Å²) in [6.45, 7) is 4.11. The molecule has 1 atom stereocenters. The molecule has 0 aliphatic heterocycles. The fourth-order valence-corrected chi connectivity index (χ4v) is 2.71. The maximum atomic E-state index is 12.9. The van der Waals surface area contributed by atoms with E-state index in [2.05, 4.69) is 10.3 Å². The third-order valence-electron chi connectivity index (χ3n) is 4.16. The van der Waals surface area contributed by atoms with Crippen molar-refractivity contribution in [3.05, 3.63) is 89.6 Å². The molecule has 6 nitrogen and oxygen atoms in total. The molecule has 0 bridgehead atoms. The number of anilines is 1. The van der Waals surface area contributed by atoms with Crippen LogP contribution in [0.15, 0.2) is 72.9 Å². The van der Waals surface area contributed by atoms with Crippen molar-refractivity contribution < 1.29 is 19.1 Å². The predicted octanol–water partition coefficient (Wildman–Crippen LogP) is 4.33. The second-order valence-electron chi connectivity index (χ2n) is 6.34. The maximum absolute atomic E-state index is 12.9. The van der Waals surface area contributed by atoms with Crippen molar-refractivity contribution in [1.29, 1.82) is 0 Å². The van der Waals surface area contributed by atoms with Crippen LogP contribution in [0, 0.1) is 6.92 Å². The summed E-state index contributed by atoms with van der Waals surface area (Å²) in [4.78, 5) is 29.8. The minimum absolute atomic E-state index is 0.165. The summed E-state index contributed by atoms with van der Waals surface area (Å²) >= 11 is 0. The van der Waals surface area contributed by atoms with Gasteiger partial charge in [0.05, 0.1) is 6.61 Å². The molecule has 1 heterocycles. The van der Waals surface area contributed by atoms with Crippen LogP contribution in [0.25, 0.3) is 0 Å². The van der Waals surface area contributed by atoms with Gasteiger partial charge in [-0.05, 0) is 38.1 Å². The Labute approximate surface area is 169 Å². The summed E-state index contributed by atoms with van der Waals surface area (Å²) in [5, 5.41) is 2.80. The van der Waals surface area contributed by atoms with Crippen molar-refractivity contribution in [2.45, 2.75) is 20.0 Å². The standard InChI is InChI=1S/C23H22N2O4/c1-3-28-22-19(10-7-15-24-22)23(27)29-20(17-8-5-4-6-9-17)21(26)25-18-13-11-16(2)12-14-18/h4-15,20H,3H2,1-2H3,(H,25,26)/t20-/m1/s1. The lowest BCUT2D eigenvalue weighted by molar-refractivity contribution is -0.125. The molecule has 3 aromatic rings. The van der Waals surface area contributed by atoms with E-state index in [9.17, 15) is 9.59 Å². The number of ether oxygens (including phenoxy) is 2. The van der Waals surface area contributed by atoms with Crippen molar-refractivity contribution in [2.75, 3.05) is 11.9 Å². The van der Waals surface area contributed by atoms with E-state index in [0.717, 1.165) is 5.56 Å². The van der Waals surface area contributed by atoms with E-state index < -0.39 is 18.0 Å². The van der Waals surface area contributed by atoms with Crippen LogP contribution in [0.4, 0.5) is 5.69 Å². The Morgan fingerprint density at radius 1 is 1.00 bits per heavy atom. The molecule has 1 N–H and O–H groups in total. The summed E-state index contributed by atoms with van der Waals surface area (Å²) < 4.78 is 11.0. The minimum atomic E-state index is -1.13. The molecule has 6 heteroatoms. The van der Waals surface area contributed by atoms with Gasteiger partial charge >= 0.3 is 5.97 Å². The van der Waals surface area contributed by atoms with Gasteiger partial charge in [-0.25, -0.2) is 9.78 Å². The van der Waals surface area contributed by atoms with Gasteiger partial charge in [-0.1, -0.05) is 48.0 Å². The molecular formula is C23H22N2O4. The van der Waals surface area contributed by atoms with Crippen LogP contribution in [0.5, 0.6) is 5.88 Å². The number of pyridine rings is 1. The van der Waals surface area contributed by atoms with E-state index in [1.54, 1.807) is 55.5 Å². The molecule has 2 aromatic carbocycles. The maximum Gasteiger partial charge on any atom is 0.344 e. The van der Waals surface area contributed by atoms with E-state index in [1.165, 1.54) is 6.20 Å². The number of hydrogen-bond donors (Lipinski definition) is 1. The summed E-state index contributed by atoms with van der Waals surface area (Å²) in [5.74, 6) is -0.963. The monoisotopic (exact) mass is 390 g/mol. The first-order valence-electron chi connectivity index (χ1n) is 9.29. The van der Waals surface area contributed by atoms with Gasteiger partial charge in [0.25, 0.3) is 5.91 Å². The lowest BCUT2D eigenvalue weighted by Crippen LogP contribution is -2.26. The highest BCUT2D eigenvalue weighted by atomic mass is 16.6. The quantitative estimate of drug-likeness (QED) is 0.608. The summed E-state index contributed by atoms with van der Waals surface area (Å²) in [6, 6.07) is 19.4. The summed E-state index contributed by atoms with van der Waals surface area (Å²) in [5.41, 5.74) is 2.42. The lowest BCUT2D eigenvalue weighted by Gasteiger charge is -2.19. The second-order valence-corrected chi connectivity index (χ2v) is 6.34. The fourth-order valence-electron chi connectivity index (χ4n) is 2.71. The largest absolute Gasteiger partial charge is 0.477 e. The van der Waals surface area contributed by atoms with E-state index in [4.69, 9.17) is 9.47 Å². The fraction of sp³-hybridized carbons (Fsp3) is 0.174. The van der Waals surface area contributed by atoms with Crippen LogP contribution in [-0.4, -0.2) is 23.5 Å². The average molecular weight is 390 g/mol. The van der Waals surface area contributed by atoms with Crippen molar-refractivity contribution in [3.63, 3.8) is 0 Å². The van der Waals surface area contributed by atoms with Crippen molar-refractivity contribution in [1.82, 2.24) is 4.98 Å².